The van der Waals surface area contributed by atoms with Gasteiger partial charge in [0.2, 0.25) is 0 Å². The molecule has 1 amide bonds. The van der Waals surface area contributed by atoms with Crippen molar-refractivity contribution in [3.8, 4) is 5.75 Å². The molecule has 2 N–H and O–H groups in total. The zero-order valence-corrected chi connectivity index (χ0v) is 14.0. The van der Waals surface area contributed by atoms with Gasteiger partial charge in [0.25, 0.3) is 5.91 Å². The molecule has 2 rings (SSSR count). The Morgan fingerprint density at radius 1 is 1.17 bits per heavy atom. The first-order chi connectivity index (χ1) is 10.7. The molecule has 0 unspecified atom stereocenters. The Kier molecular flexibility index (Phi) is 4.97. The first-order valence-electron chi connectivity index (χ1n) is 8.03. The van der Waals surface area contributed by atoms with E-state index in [0.717, 1.165) is 25.7 Å². The van der Waals surface area contributed by atoms with Gasteiger partial charge in [0.1, 0.15) is 11.4 Å². The number of benzene rings is 1. The monoisotopic (exact) mass is 319 g/mol. The van der Waals surface area contributed by atoms with E-state index in [-0.39, 0.29) is 17.9 Å². The van der Waals surface area contributed by atoms with Crippen molar-refractivity contribution in [3.05, 3.63) is 29.8 Å². The fraction of sp³-hybridized carbons (Fsp3) is 0.556. The zero-order chi connectivity index (χ0) is 17.1. The van der Waals surface area contributed by atoms with E-state index in [4.69, 9.17) is 9.84 Å². The summed E-state index contributed by atoms with van der Waals surface area (Å²) < 4.78 is 5.73. The second-order valence-electron chi connectivity index (χ2n) is 7.25. The number of carbonyl (C=O) groups is 2. The third-order valence-corrected chi connectivity index (χ3v) is 3.97. The largest absolute Gasteiger partial charge is 0.488 e. The van der Waals surface area contributed by atoms with Gasteiger partial charge in [-0.05, 0) is 57.9 Å². The number of amides is 1. The van der Waals surface area contributed by atoms with Crippen LogP contribution in [0.4, 0.5) is 0 Å². The van der Waals surface area contributed by atoms with Crippen LogP contribution in [0.1, 0.15) is 63.2 Å². The van der Waals surface area contributed by atoms with Crippen molar-refractivity contribution in [2.24, 2.45) is 0 Å². The van der Waals surface area contributed by atoms with Crippen molar-refractivity contribution < 1.29 is 19.4 Å². The van der Waals surface area contributed by atoms with E-state index in [1.807, 2.05) is 20.8 Å². The van der Waals surface area contributed by atoms with Crippen molar-refractivity contribution in [3.63, 3.8) is 0 Å². The molecule has 1 fully saturated rings. The van der Waals surface area contributed by atoms with E-state index in [1.165, 1.54) is 0 Å². The topological polar surface area (TPSA) is 75.6 Å². The maximum Gasteiger partial charge on any atom is 0.305 e. The fourth-order valence-corrected chi connectivity index (χ4v) is 3.03. The van der Waals surface area contributed by atoms with Gasteiger partial charge in [-0.2, -0.15) is 0 Å². The maximum absolute atomic E-state index is 12.4. The molecule has 23 heavy (non-hydrogen) atoms. The number of carbonyl (C=O) groups excluding carboxylic acids is 1. The molecule has 0 atom stereocenters. The third kappa shape index (κ3) is 4.98. The zero-order valence-electron chi connectivity index (χ0n) is 14.0. The van der Waals surface area contributed by atoms with Crippen LogP contribution in [0, 0.1) is 0 Å². The van der Waals surface area contributed by atoms with Gasteiger partial charge in [-0.1, -0.05) is 12.8 Å². The number of carboxylic acids is 1. The van der Waals surface area contributed by atoms with Crippen LogP contribution in [-0.2, 0) is 4.79 Å². The predicted octanol–water partition coefficient (Wildman–Crippen LogP) is 3.38. The molecule has 1 aliphatic rings. The standard InChI is InChI=1S/C18H25NO4/c1-17(2,3)23-14-8-6-13(7-9-14)16(22)19-18(12-15(20)21)10-4-5-11-18/h6-9H,4-5,10-12H2,1-3H3,(H,19,22)(H,20,21). The molecule has 0 bridgehead atoms. The Hall–Kier alpha value is -2.04. The Bertz CT molecular complexity index is 566. The molecule has 5 nitrogen and oxygen atoms in total. The first-order valence-corrected chi connectivity index (χ1v) is 8.03. The minimum absolute atomic E-state index is 0.0239. The Labute approximate surface area is 137 Å². The van der Waals surface area contributed by atoms with Gasteiger partial charge in [0.05, 0.1) is 12.0 Å². The number of aliphatic carboxylic acids is 1. The van der Waals surface area contributed by atoms with Crippen LogP contribution in [0.2, 0.25) is 0 Å². The van der Waals surface area contributed by atoms with Gasteiger partial charge >= 0.3 is 5.97 Å². The van der Waals surface area contributed by atoms with Gasteiger partial charge < -0.3 is 15.2 Å². The molecule has 0 heterocycles. The summed E-state index contributed by atoms with van der Waals surface area (Å²) in [5.74, 6) is -0.397. The van der Waals surface area contributed by atoms with Crippen molar-refractivity contribution in [2.45, 2.75) is 64.0 Å². The van der Waals surface area contributed by atoms with Gasteiger partial charge in [0.15, 0.2) is 0 Å². The SMILES string of the molecule is CC(C)(C)Oc1ccc(C(=O)NC2(CC(=O)O)CCCC2)cc1. The summed E-state index contributed by atoms with van der Waals surface area (Å²) in [6.07, 6.45) is 3.31. The quantitative estimate of drug-likeness (QED) is 0.872. The summed E-state index contributed by atoms with van der Waals surface area (Å²) in [5, 5.41) is 12.0. The van der Waals surface area contributed by atoms with E-state index in [1.54, 1.807) is 24.3 Å². The van der Waals surface area contributed by atoms with E-state index in [0.29, 0.717) is 11.3 Å². The van der Waals surface area contributed by atoms with Crippen LogP contribution in [0.15, 0.2) is 24.3 Å². The van der Waals surface area contributed by atoms with Crippen LogP contribution in [0.25, 0.3) is 0 Å². The van der Waals surface area contributed by atoms with E-state index >= 15 is 0 Å². The van der Waals surface area contributed by atoms with Crippen molar-refractivity contribution >= 4 is 11.9 Å². The number of hydrogen-bond donors (Lipinski definition) is 2. The van der Waals surface area contributed by atoms with Gasteiger partial charge in [-0.15, -0.1) is 0 Å². The molecule has 1 aromatic rings. The average molecular weight is 319 g/mol. The van der Waals surface area contributed by atoms with Crippen molar-refractivity contribution in [1.29, 1.82) is 0 Å². The van der Waals surface area contributed by atoms with Crippen molar-refractivity contribution in [2.75, 3.05) is 0 Å². The van der Waals surface area contributed by atoms with Crippen LogP contribution in [-0.4, -0.2) is 28.1 Å². The summed E-state index contributed by atoms with van der Waals surface area (Å²) >= 11 is 0. The summed E-state index contributed by atoms with van der Waals surface area (Å²) in [6.45, 7) is 5.89. The lowest BCUT2D eigenvalue weighted by Crippen LogP contribution is -2.47. The normalized spacial score (nSPS) is 16.8. The Morgan fingerprint density at radius 2 is 1.74 bits per heavy atom. The molecule has 0 radical (unpaired) electrons. The second kappa shape index (κ2) is 6.60. The van der Waals surface area contributed by atoms with Crippen LogP contribution in [0.3, 0.4) is 0 Å². The lowest BCUT2D eigenvalue weighted by atomic mass is 9.92. The number of ether oxygens (including phenoxy) is 1. The van der Waals surface area contributed by atoms with Gasteiger partial charge in [0, 0.05) is 5.56 Å². The van der Waals surface area contributed by atoms with E-state index < -0.39 is 11.5 Å². The highest BCUT2D eigenvalue weighted by atomic mass is 16.5. The summed E-state index contributed by atoms with van der Waals surface area (Å²) in [5.41, 5.74) is -0.384. The number of carboxylic acid groups (broad SMARTS) is 1. The minimum atomic E-state index is -0.874. The molecule has 1 aliphatic carbocycles. The summed E-state index contributed by atoms with van der Waals surface area (Å²) in [7, 11) is 0. The minimum Gasteiger partial charge on any atom is -0.488 e. The highest BCUT2D eigenvalue weighted by Crippen LogP contribution is 2.33. The van der Waals surface area contributed by atoms with Crippen LogP contribution < -0.4 is 10.1 Å². The molecule has 1 aromatic carbocycles. The lowest BCUT2D eigenvalue weighted by molar-refractivity contribution is -0.138. The maximum atomic E-state index is 12.4. The lowest BCUT2D eigenvalue weighted by Gasteiger charge is -2.28. The Morgan fingerprint density at radius 3 is 2.22 bits per heavy atom. The summed E-state index contributed by atoms with van der Waals surface area (Å²) in [6, 6.07) is 6.94. The molecule has 0 aliphatic heterocycles. The molecule has 0 spiro atoms. The third-order valence-electron chi connectivity index (χ3n) is 3.97. The molecular formula is C18H25NO4. The van der Waals surface area contributed by atoms with Gasteiger partial charge in [-0.25, -0.2) is 0 Å². The van der Waals surface area contributed by atoms with Crippen molar-refractivity contribution in [1.82, 2.24) is 5.32 Å². The molecule has 0 saturated heterocycles. The average Bonchev–Trinajstić information content (AvgIpc) is 2.84. The smallest absolute Gasteiger partial charge is 0.305 e. The Balaban J connectivity index is 2.06. The fourth-order valence-electron chi connectivity index (χ4n) is 3.03. The van der Waals surface area contributed by atoms with E-state index in [9.17, 15) is 9.59 Å². The summed E-state index contributed by atoms with van der Waals surface area (Å²) in [4.78, 5) is 23.5. The number of rotatable bonds is 5. The van der Waals surface area contributed by atoms with E-state index in [2.05, 4.69) is 5.32 Å². The molecule has 5 heteroatoms. The molecular weight excluding hydrogens is 294 g/mol. The number of hydrogen-bond acceptors (Lipinski definition) is 3. The second-order valence-corrected chi connectivity index (χ2v) is 7.25. The highest BCUT2D eigenvalue weighted by molar-refractivity contribution is 5.95. The molecule has 0 aromatic heterocycles. The van der Waals surface area contributed by atoms with Crippen LogP contribution in [0.5, 0.6) is 5.75 Å². The van der Waals surface area contributed by atoms with Gasteiger partial charge in [-0.3, -0.25) is 9.59 Å². The molecule has 1 saturated carbocycles. The highest BCUT2D eigenvalue weighted by Gasteiger charge is 2.37. The number of nitrogens with one attached hydrogen (secondary N) is 1. The van der Waals surface area contributed by atoms with Crippen LogP contribution >= 0.6 is 0 Å². The predicted molar refractivity (Wildman–Crippen MR) is 87.7 cm³/mol. The first kappa shape index (κ1) is 17.3. The molecule has 126 valence electrons.